The number of benzene rings is 1. The maximum atomic E-state index is 4.57. The third-order valence-electron chi connectivity index (χ3n) is 2.71. The van der Waals surface area contributed by atoms with Gasteiger partial charge in [-0.2, -0.15) is 5.10 Å². The van der Waals surface area contributed by atoms with Gasteiger partial charge in [-0.05, 0) is 6.07 Å². The molecule has 0 amide bonds. The van der Waals surface area contributed by atoms with Crippen LogP contribution in [0.25, 0.3) is 21.8 Å². The molecule has 2 heterocycles. The quantitative estimate of drug-likeness (QED) is 0.672. The fourth-order valence-corrected chi connectivity index (χ4v) is 2.00. The molecule has 0 aliphatic carbocycles. The predicted octanol–water partition coefficient (Wildman–Crippen LogP) is 2.16. The summed E-state index contributed by atoms with van der Waals surface area (Å²) < 4.78 is 1.82. The second-order valence-electron chi connectivity index (χ2n) is 3.79. The van der Waals surface area contributed by atoms with E-state index < -0.39 is 0 Å². The molecule has 1 N–H and O–H groups in total. The van der Waals surface area contributed by atoms with Crippen LogP contribution in [0.4, 0.5) is 5.82 Å². The van der Waals surface area contributed by atoms with E-state index in [1.165, 1.54) is 0 Å². The van der Waals surface area contributed by atoms with Crippen molar-refractivity contribution in [3.63, 3.8) is 0 Å². The Morgan fingerprint density at radius 3 is 2.81 bits per heavy atom. The SMILES string of the molecule is CNc1nc2ccccc2c2nn(C)cc12. The largest absolute Gasteiger partial charge is 0.373 e. The van der Waals surface area contributed by atoms with Crippen LogP contribution in [0.1, 0.15) is 0 Å². The van der Waals surface area contributed by atoms with Crippen LogP contribution in [0.2, 0.25) is 0 Å². The third-order valence-corrected chi connectivity index (χ3v) is 2.71. The van der Waals surface area contributed by atoms with E-state index in [0.29, 0.717) is 0 Å². The molecule has 3 aromatic rings. The van der Waals surface area contributed by atoms with Gasteiger partial charge in [0.25, 0.3) is 0 Å². The molecule has 1 aromatic carbocycles. The van der Waals surface area contributed by atoms with Crippen molar-refractivity contribution >= 4 is 27.6 Å². The van der Waals surface area contributed by atoms with E-state index in [1.54, 1.807) is 0 Å². The lowest BCUT2D eigenvalue weighted by atomic mass is 10.1. The van der Waals surface area contributed by atoms with E-state index in [1.807, 2.05) is 43.2 Å². The molecule has 0 fully saturated rings. The minimum absolute atomic E-state index is 0.877. The first-order chi connectivity index (χ1) is 7.79. The van der Waals surface area contributed by atoms with Crippen molar-refractivity contribution < 1.29 is 0 Å². The number of anilines is 1. The number of pyridine rings is 1. The van der Waals surface area contributed by atoms with Gasteiger partial charge < -0.3 is 5.32 Å². The van der Waals surface area contributed by atoms with Crippen LogP contribution in [-0.4, -0.2) is 21.8 Å². The first-order valence-electron chi connectivity index (χ1n) is 5.19. The molecule has 0 atom stereocenters. The van der Waals surface area contributed by atoms with Gasteiger partial charge in [0.1, 0.15) is 11.3 Å². The lowest BCUT2D eigenvalue weighted by molar-refractivity contribution is 0.780. The molecule has 3 rings (SSSR count). The number of para-hydroxylation sites is 1. The van der Waals surface area contributed by atoms with E-state index in [9.17, 15) is 0 Å². The van der Waals surface area contributed by atoms with Gasteiger partial charge in [0, 0.05) is 25.7 Å². The van der Waals surface area contributed by atoms with Gasteiger partial charge >= 0.3 is 0 Å². The molecule has 0 aliphatic rings. The summed E-state index contributed by atoms with van der Waals surface area (Å²) in [6.07, 6.45) is 1.99. The van der Waals surface area contributed by atoms with Gasteiger partial charge in [0.05, 0.1) is 10.9 Å². The first kappa shape index (κ1) is 9.15. The summed E-state index contributed by atoms with van der Waals surface area (Å²) in [7, 11) is 3.80. The summed E-state index contributed by atoms with van der Waals surface area (Å²) in [5.41, 5.74) is 1.97. The normalized spacial score (nSPS) is 11.1. The fourth-order valence-electron chi connectivity index (χ4n) is 2.00. The van der Waals surface area contributed by atoms with Crippen molar-refractivity contribution in [3.05, 3.63) is 30.5 Å². The summed E-state index contributed by atoms with van der Waals surface area (Å²) >= 11 is 0. The van der Waals surface area contributed by atoms with Crippen LogP contribution >= 0.6 is 0 Å². The summed E-state index contributed by atoms with van der Waals surface area (Å²) in [5.74, 6) is 0.877. The summed E-state index contributed by atoms with van der Waals surface area (Å²) in [5, 5.41) is 9.75. The monoisotopic (exact) mass is 212 g/mol. The van der Waals surface area contributed by atoms with Crippen molar-refractivity contribution in [3.8, 4) is 0 Å². The Balaban J connectivity index is 2.56. The molecule has 0 saturated carbocycles. The van der Waals surface area contributed by atoms with Crippen LogP contribution in [0, 0.1) is 0 Å². The number of nitrogens with zero attached hydrogens (tertiary/aromatic N) is 3. The number of hydrogen-bond acceptors (Lipinski definition) is 3. The number of hydrogen-bond donors (Lipinski definition) is 1. The number of rotatable bonds is 1. The van der Waals surface area contributed by atoms with Crippen molar-refractivity contribution in [1.82, 2.24) is 14.8 Å². The van der Waals surface area contributed by atoms with E-state index in [4.69, 9.17) is 0 Å². The van der Waals surface area contributed by atoms with Gasteiger partial charge in [-0.15, -0.1) is 0 Å². The van der Waals surface area contributed by atoms with Crippen LogP contribution in [0.5, 0.6) is 0 Å². The standard InChI is InChI=1S/C12H12N4/c1-13-12-9-7-16(2)15-11(9)8-5-3-4-6-10(8)14-12/h3-7H,1-2H3,(H,13,14). The van der Waals surface area contributed by atoms with Crippen LogP contribution in [-0.2, 0) is 7.05 Å². The van der Waals surface area contributed by atoms with Gasteiger partial charge in [-0.1, -0.05) is 18.2 Å². The highest BCUT2D eigenvalue weighted by Crippen LogP contribution is 2.27. The minimum atomic E-state index is 0.877. The molecule has 80 valence electrons. The van der Waals surface area contributed by atoms with Crippen molar-refractivity contribution in [2.24, 2.45) is 7.05 Å². The summed E-state index contributed by atoms with van der Waals surface area (Å²) in [6.45, 7) is 0. The molecule has 0 unspecified atom stereocenters. The third kappa shape index (κ3) is 1.16. The number of fused-ring (bicyclic) bond motifs is 3. The maximum absolute atomic E-state index is 4.57. The van der Waals surface area contributed by atoms with E-state index >= 15 is 0 Å². The zero-order chi connectivity index (χ0) is 11.1. The topological polar surface area (TPSA) is 42.7 Å². The molecule has 4 nitrogen and oxygen atoms in total. The number of aryl methyl sites for hydroxylation is 1. The Morgan fingerprint density at radius 1 is 1.19 bits per heavy atom. The molecular formula is C12H12N4. The maximum Gasteiger partial charge on any atom is 0.137 e. The minimum Gasteiger partial charge on any atom is -0.373 e. The number of aromatic nitrogens is 3. The summed E-state index contributed by atoms with van der Waals surface area (Å²) in [6, 6.07) is 8.06. The highest BCUT2D eigenvalue weighted by molar-refractivity contribution is 6.07. The van der Waals surface area contributed by atoms with Crippen molar-refractivity contribution in [1.29, 1.82) is 0 Å². The molecule has 0 aliphatic heterocycles. The smallest absolute Gasteiger partial charge is 0.137 e. The Morgan fingerprint density at radius 2 is 2.00 bits per heavy atom. The molecule has 4 heteroatoms. The van der Waals surface area contributed by atoms with Gasteiger partial charge in [0.2, 0.25) is 0 Å². The van der Waals surface area contributed by atoms with Crippen LogP contribution < -0.4 is 5.32 Å². The Labute approximate surface area is 92.9 Å². The predicted molar refractivity (Wildman–Crippen MR) is 65.6 cm³/mol. The second kappa shape index (κ2) is 3.20. The van der Waals surface area contributed by atoms with Crippen LogP contribution in [0.15, 0.2) is 30.5 Å². The van der Waals surface area contributed by atoms with E-state index in [2.05, 4.69) is 21.5 Å². The van der Waals surface area contributed by atoms with Gasteiger partial charge in [-0.3, -0.25) is 4.68 Å². The zero-order valence-corrected chi connectivity index (χ0v) is 9.23. The summed E-state index contributed by atoms with van der Waals surface area (Å²) in [4.78, 5) is 4.57. The fraction of sp³-hybridized carbons (Fsp3) is 0.167. The average Bonchev–Trinajstić information content (AvgIpc) is 2.69. The molecule has 0 saturated heterocycles. The molecule has 0 spiro atoms. The van der Waals surface area contributed by atoms with Crippen molar-refractivity contribution in [2.75, 3.05) is 12.4 Å². The Hall–Kier alpha value is -2.10. The Kier molecular flexibility index (Phi) is 1.83. The molecule has 0 bridgehead atoms. The lowest BCUT2D eigenvalue weighted by Crippen LogP contribution is -1.93. The highest BCUT2D eigenvalue weighted by atomic mass is 15.2. The highest BCUT2D eigenvalue weighted by Gasteiger charge is 2.09. The van der Waals surface area contributed by atoms with E-state index in [0.717, 1.165) is 27.6 Å². The molecule has 16 heavy (non-hydrogen) atoms. The van der Waals surface area contributed by atoms with Gasteiger partial charge in [0.15, 0.2) is 0 Å². The van der Waals surface area contributed by atoms with E-state index in [-0.39, 0.29) is 0 Å². The van der Waals surface area contributed by atoms with Crippen molar-refractivity contribution in [2.45, 2.75) is 0 Å². The number of nitrogens with one attached hydrogen (secondary N) is 1. The molecular weight excluding hydrogens is 200 g/mol. The lowest BCUT2D eigenvalue weighted by Gasteiger charge is -2.03. The average molecular weight is 212 g/mol. The van der Waals surface area contributed by atoms with Gasteiger partial charge in [-0.25, -0.2) is 4.98 Å². The van der Waals surface area contributed by atoms with Crippen LogP contribution in [0.3, 0.4) is 0 Å². The zero-order valence-electron chi connectivity index (χ0n) is 9.23. The molecule has 0 radical (unpaired) electrons. The first-order valence-corrected chi connectivity index (χ1v) is 5.19. The Bertz CT molecular complexity index is 669. The molecule has 2 aromatic heterocycles. The second-order valence-corrected chi connectivity index (χ2v) is 3.79.